The average Bonchev–Trinajstić information content (AvgIpc) is 3.77. The van der Waals surface area contributed by atoms with Crippen LogP contribution in [0, 0.1) is 0 Å². The smallest absolute Gasteiger partial charge is 0.0782 e. The number of benzene rings is 8. The van der Waals surface area contributed by atoms with Crippen molar-refractivity contribution in [1.82, 2.24) is 4.57 Å². The van der Waals surface area contributed by atoms with Gasteiger partial charge in [-0.2, -0.15) is 0 Å². The van der Waals surface area contributed by atoms with E-state index in [0.717, 1.165) is 17.1 Å². The minimum Gasteiger partial charge on any atom is -0.308 e. The van der Waals surface area contributed by atoms with Gasteiger partial charge in [0.25, 0.3) is 0 Å². The first-order valence-electron chi connectivity index (χ1n) is 18.7. The van der Waals surface area contributed by atoms with Crippen LogP contribution in [0.15, 0.2) is 188 Å². The molecule has 10 aromatic rings. The Morgan fingerprint density at radius 1 is 0.444 bits per heavy atom. The third-order valence-electron chi connectivity index (χ3n) is 10.7. The zero-order valence-corrected chi connectivity index (χ0v) is 31.1. The molecule has 0 bridgehead atoms. The largest absolute Gasteiger partial charge is 0.308 e. The second-order valence-corrected chi connectivity index (χ2v) is 15.5. The molecular formula is C51H38N2S. The molecular weight excluding hydrogens is 673 g/mol. The predicted molar refractivity (Wildman–Crippen MR) is 233 cm³/mol. The molecule has 0 amide bonds. The predicted octanol–water partition coefficient (Wildman–Crippen LogP) is 15.1. The highest BCUT2D eigenvalue weighted by molar-refractivity contribution is 7.25. The van der Waals surface area contributed by atoms with Gasteiger partial charge in [-0.3, -0.25) is 0 Å². The molecule has 2 nitrogen and oxygen atoms in total. The minimum atomic E-state index is 0.416. The van der Waals surface area contributed by atoms with Gasteiger partial charge in [0.15, 0.2) is 0 Å². The molecule has 0 saturated carbocycles. The third-order valence-corrected chi connectivity index (χ3v) is 11.9. The average molecular weight is 711 g/mol. The molecule has 0 aliphatic carbocycles. The van der Waals surface area contributed by atoms with Crippen LogP contribution < -0.4 is 4.90 Å². The van der Waals surface area contributed by atoms with E-state index >= 15 is 0 Å². The number of rotatable bonds is 7. The summed E-state index contributed by atoms with van der Waals surface area (Å²) in [5, 5.41) is 5.07. The number of anilines is 3. The van der Waals surface area contributed by atoms with E-state index in [-0.39, 0.29) is 0 Å². The highest BCUT2D eigenvalue weighted by atomic mass is 32.1. The van der Waals surface area contributed by atoms with Gasteiger partial charge in [-0.15, -0.1) is 11.3 Å². The summed E-state index contributed by atoms with van der Waals surface area (Å²) in [7, 11) is 0. The number of hydrogen-bond acceptors (Lipinski definition) is 2. The fraction of sp³-hybridized carbons (Fsp3) is 0.0588. The molecule has 54 heavy (non-hydrogen) atoms. The second kappa shape index (κ2) is 13.2. The summed E-state index contributed by atoms with van der Waals surface area (Å²) in [5.41, 5.74) is 13.0. The van der Waals surface area contributed by atoms with E-state index < -0.39 is 0 Å². The summed E-state index contributed by atoms with van der Waals surface area (Å²) in [5.74, 6) is 0.416. The van der Waals surface area contributed by atoms with Crippen LogP contribution in [0.2, 0.25) is 0 Å². The normalized spacial score (nSPS) is 11.7. The van der Waals surface area contributed by atoms with Gasteiger partial charge in [-0.25, -0.2) is 0 Å². The Bertz CT molecular complexity index is 2910. The topological polar surface area (TPSA) is 8.17 Å². The first kappa shape index (κ1) is 32.2. The maximum Gasteiger partial charge on any atom is 0.0782 e. The molecule has 0 N–H and O–H groups in total. The van der Waals surface area contributed by atoms with Crippen molar-refractivity contribution in [1.29, 1.82) is 0 Å². The molecule has 0 saturated heterocycles. The summed E-state index contributed by atoms with van der Waals surface area (Å²) in [6.45, 7) is 4.54. The molecule has 0 spiro atoms. The maximum absolute atomic E-state index is 2.49. The van der Waals surface area contributed by atoms with E-state index in [1.807, 2.05) is 11.3 Å². The van der Waals surface area contributed by atoms with Crippen molar-refractivity contribution in [3.8, 4) is 27.9 Å². The first-order chi connectivity index (χ1) is 26.6. The SMILES string of the molecule is CC(C)c1cccc(-n2c3ccccc3c3cccc(N(c4cc(-c5ccccc5)cc(-c5ccccc5)c4)c4ccc5c(c4)sc4ccccc45)c32)c1. The van der Waals surface area contributed by atoms with E-state index in [2.05, 4.69) is 211 Å². The molecule has 8 aromatic carbocycles. The third kappa shape index (κ3) is 5.48. The summed E-state index contributed by atoms with van der Waals surface area (Å²) < 4.78 is 5.06. The molecule has 2 heterocycles. The number of thiophene rings is 1. The molecule has 0 atom stereocenters. The lowest BCUT2D eigenvalue weighted by molar-refractivity contribution is 0.864. The number of para-hydroxylation sites is 2. The van der Waals surface area contributed by atoms with E-state index in [9.17, 15) is 0 Å². The second-order valence-electron chi connectivity index (χ2n) is 14.4. The fourth-order valence-electron chi connectivity index (χ4n) is 8.09. The lowest BCUT2D eigenvalue weighted by Crippen LogP contribution is -2.12. The van der Waals surface area contributed by atoms with Gasteiger partial charge in [0, 0.05) is 48.0 Å². The Labute approximate surface area is 319 Å². The Balaban J connectivity index is 1.31. The van der Waals surface area contributed by atoms with E-state index in [1.54, 1.807) is 0 Å². The molecule has 0 aliphatic rings. The lowest BCUT2D eigenvalue weighted by Gasteiger charge is -2.28. The molecule has 0 fully saturated rings. The van der Waals surface area contributed by atoms with Gasteiger partial charge >= 0.3 is 0 Å². The van der Waals surface area contributed by atoms with Crippen LogP contribution in [0.4, 0.5) is 17.1 Å². The van der Waals surface area contributed by atoms with Crippen LogP contribution in [0.25, 0.3) is 69.9 Å². The molecule has 0 aliphatic heterocycles. The van der Waals surface area contributed by atoms with Crippen molar-refractivity contribution in [2.24, 2.45) is 0 Å². The van der Waals surface area contributed by atoms with E-state index in [1.165, 1.54) is 75.5 Å². The van der Waals surface area contributed by atoms with Crippen molar-refractivity contribution in [3.05, 3.63) is 194 Å². The summed E-state index contributed by atoms with van der Waals surface area (Å²) in [4.78, 5) is 2.49. The van der Waals surface area contributed by atoms with E-state index in [4.69, 9.17) is 0 Å². The van der Waals surface area contributed by atoms with Crippen LogP contribution in [-0.4, -0.2) is 4.57 Å². The Hall–Kier alpha value is -6.42. The van der Waals surface area contributed by atoms with Gasteiger partial charge in [-0.1, -0.05) is 141 Å². The molecule has 0 unspecified atom stereocenters. The lowest BCUT2D eigenvalue weighted by atomic mass is 9.97. The summed E-state index contributed by atoms with van der Waals surface area (Å²) in [6.07, 6.45) is 0. The quantitative estimate of drug-likeness (QED) is 0.160. The van der Waals surface area contributed by atoms with Crippen LogP contribution in [0.1, 0.15) is 25.3 Å². The first-order valence-corrected chi connectivity index (χ1v) is 19.5. The summed E-state index contributed by atoms with van der Waals surface area (Å²) >= 11 is 1.86. The molecule has 258 valence electrons. The molecule has 10 rings (SSSR count). The van der Waals surface area contributed by atoms with Gasteiger partial charge in [0.05, 0.1) is 16.7 Å². The molecule has 2 aromatic heterocycles. The number of hydrogen-bond donors (Lipinski definition) is 0. The number of nitrogens with zero attached hydrogens (tertiary/aromatic N) is 2. The Kier molecular flexibility index (Phi) is 7.89. The summed E-state index contributed by atoms with van der Waals surface area (Å²) in [6, 6.07) is 69.1. The number of aromatic nitrogens is 1. The van der Waals surface area contributed by atoms with Gasteiger partial charge < -0.3 is 9.47 Å². The van der Waals surface area contributed by atoms with Crippen LogP contribution in [0.3, 0.4) is 0 Å². The van der Waals surface area contributed by atoms with Crippen LogP contribution >= 0.6 is 11.3 Å². The fourth-order valence-corrected chi connectivity index (χ4v) is 9.23. The van der Waals surface area contributed by atoms with Gasteiger partial charge in [0.2, 0.25) is 0 Å². The maximum atomic E-state index is 2.49. The van der Waals surface area contributed by atoms with Crippen LogP contribution in [-0.2, 0) is 0 Å². The van der Waals surface area contributed by atoms with Crippen molar-refractivity contribution in [3.63, 3.8) is 0 Å². The minimum absolute atomic E-state index is 0.416. The highest BCUT2D eigenvalue weighted by Gasteiger charge is 2.23. The van der Waals surface area contributed by atoms with Gasteiger partial charge in [-0.05, 0) is 94.4 Å². The van der Waals surface area contributed by atoms with Crippen LogP contribution in [0.5, 0.6) is 0 Å². The van der Waals surface area contributed by atoms with Crippen molar-refractivity contribution < 1.29 is 0 Å². The van der Waals surface area contributed by atoms with Crippen molar-refractivity contribution in [2.75, 3.05) is 4.90 Å². The monoisotopic (exact) mass is 710 g/mol. The van der Waals surface area contributed by atoms with Crippen molar-refractivity contribution in [2.45, 2.75) is 19.8 Å². The highest BCUT2D eigenvalue weighted by Crippen LogP contribution is 2.47. The molecule has 0 radical (unpaired) electrons. The van der Waals surface area contributed by atoms with E-state index in [0.29, 0.717) is 5.92 Å². The zero-order chi connectivity index (χ0) is 36.2. The van der Waals surface area contributed by atoms with Crippen molar-refractivity contribution >= 4 is 70.4 Å². The molecule has 3 heteroatoms. The van der Waals surface area contributed by atoms with Gasteiger partial charge in [0.1, 0.15) is 0 Å². The standard InChI is InChI=1S/C51H38N2S/c1-34(2)37-19-13-20-40(30-37)53-47-24-11-9-21-43(47)46-23-14-25-48(51(46)53)52(41-27-28-45-44-22-10-12-26-49(44)54-50(45)33-41)42-31-38(35-15-5-3-6-16-35)29-39(32-42)36-17-7-4-8-18-36/h3-34H,1-2H3. The Morgan fingerprint density at radius 2 is 1.07 bits per heavy atom. The zero-order valence-electron chi connectivity index (χ0n) is 30.3. The Morgan fingerprint density at radius 3 is 1.81 bits per heavy atom. The number of fused-ring (bicyclic) bond motifs is 6.